The average molecular weight is 337 g/mol. The van der Waals surface area contributed by atoms with Gasteiger partial charge in [0.2, 0.25) is 10.0 Å². The van der Waals surface area contributed by atoms with Crippen molar-refractivity contribution in [1.29, 1.82) is 0 Å². The summed E-state index contributed by atoms with van der Waals surface area (Å²) < 4.78 is 26.1. The number of rotatable bonds is 2. The summed E-state index contributed by atoms with van der Waals surface area (Å²) in [5, 5.41) is 18.8. The molecule has 1 aliphatic rings. The van der Waals surface area contributed by atoms with Gasteiger partial charge in [-0.25, -0.2) is 8.42 Å². The molecule has 0 amide bonds. The number of β-amino-alcohol motifs (C(OH)–C–C–N with tert-alkyl or cyclic N) is 2. The second-order valence-corrected chi connectivity index (χ2v) is 6.91. The van der Waals surface area contributed by atoms with Crippen LogP contribution in [-0.2, 0) is 10.0 Å². The van der Waals surface area contributed by atoms with Gasteiger partial charge in [-0.3, -0.25) is 0 Å². The number of hydrogen-bond acceptors (Lipinski definition) is 5. The van der Waals surface area contributed by atoms with Crippen molar-refractivity contribution in [3.63, 3.8) is 0 Å². The fourth-order valence-electron chi connectivity index (χ4n) is 1.79. The molecular formula is C10H13BrN2O4S. The molecule has 6 nitrogen and oxygen atoms in total. The topological polar surface area (TPSA) is 104 Å². The van der Waals surface area contributed by atoms with E-state index in [1.54, 1.807) is 12.1 Å². The van der Waals surface area contributed by atoms with Crippen LogP contribution in [0.2, 0.25) is 0 Å². The molecule has 4 N–H and O–H groups in total. The highest BCUT2D eigenvalue weighted by atomic mass is 79.9. The third-order valence-electron chi connectivity index (χ3n) is 2.80. The summed E-state index contributed by atoms with van der Waals surface area (Å²) in [6.45, 7) is -0.241. The van der Waals surface area contributed by atoms with Crippen molar-refractivity contribution in [1.82, 2.24) is 4.31 Å². The van der Waals surface area contributed by atoms with Gasteiger partial charge < -0.3 is 15.9 Å². The Labute approximate surface area is 113 Å². The van der Waals surface area contributed by atoms with Crippen LogP contribution in [0.3, 0.4) is 0 Å². The molecule has 2 unspecified atom stereocenters. The van der Waals surface area contributed by atoms with Crippen molar-refractivity contribution >= 4 is 31.6 Å². The third kappa shape index (κ3) is 2.39. The number of anilines is 1. The van der Waals surface area contributed by atoms with Crippen LogP contribution in [0.5, 0.6) is 0 Å². The van der Waals surface area contributed by atoms with Gasteiger partial charge in [-0.05, 0) is 34.1 Å². The highest BCUT2D eigenvalue weighted by Crippen LogP contribution is 2.29. The van der Waals surface area contributed by atoms with E-state index >= 15 is 0 Å². The average Bonchev–Trinajstić information content (AvgIpc) is 2.63. The Hall–Kier alpha value is -0.670. The number of nitrogens with zero attached hydrogens (tertiary/aromatic N) is 1. The first-order valence-electron chi connectivity index (χ1n) is 5.23. The lowest BCUT2D eigenvalue weighted by Crippen LogP contribution is -2.30. The van der Waals surface area contributed by atoms with Gasteiger partial charge in [0.05, 0.1) is 17.1 Å². The standard InChI is InChI=1S/C10H13BrN2O4S/c11-7-2-1-6(12)3-10(7)18(16,17)13-4-8(14)9(15)5-13/h1-3,8-9,14-15H,4-5,12H2. The minimum absolute atomic E-state index is 0.0313. The molecule has 1 fully saturated rings. The van der Waals surface area contributed by atoms with Gasteiger partial charge in [0.25, 0.3) is 0 Å². The number of nitrogen functional groups attached to an aromatic ring is 1. The first kappa shape index (κ1) is 13.8. The molecule has 0 spiro atoms. The lowest BCUT2D eigenvalue weighted by atomic mass is 10.3. The van der Waals surface area contributed by atoms with E-state index in [0.29, 0.717) is 10.2 Å². The zero-order chi connectivity index (χ0) is 13.5. The first-order valence-corrected chi connectivity index (χ1v) is 7.47. The van der Waals surface area contributed by atoms with Crippen molar-refractivity contribution in [2.45, 2.75) is 17.1 Å². The molecule has 8 heteroatoms. The summed E-state index contributed by atoms with van der Waals surface area (Å²) in [6.07, 6.45) is -2.11. The summed E-state index contributed by atoms with van der Waals surface area (Å²) >= 11 is 3.16. The van der Waals surface area contributed by atoms with Gasteiger partial charge in [-0.1, -0.05) is 0 Å². The van der Waals surface area contributed by atoms with E-state index in [1.165, 1.54) is 6.07 Å². The zero-order valence-corrected chi connectivity index (χ0v) is 11.7. The molecule has 1 aromatic rings. The summed E-state index contributed by atoms with van der Waals surface area (Å²) in [4.78, 5) is 0.0313. The van der Waals surface area contributed by atoms with Gasteiger partial charge in [0.1, 0.15) is 0 Å². The SMILES string of the molecule is Nc1ccc(Br)c(S(=O)(=O)N2CC(O)C(O)C2)c1. The predicted molar refractivity (Wildman–Crippen MR) is 69.3 cm³/mol. The van der Waals surface area contributed by atoms with E-state index in [4.69, 9.17) is 5.73 Å². The highest BCUT2D eigenvalue weighted by Gasteiger charge is 2.38. The van der Waals surface area contributed by atoms with Crippen molar-refractivity contribution in [3.05, 3.63) is 22.7 Å². The van der Waals surface area contributed by atoms with Gasteiger partial charge in [-0.15, -0.1) is 0 Å². The molecule has 0 radical (unpaired) electrons. The fourth-order valence-corrected chi connectivity index (χ4v) is 4.22. The normalized spacial score (nSPS) is 25.5. The maximum Gasteiger partial charge on any atom is 0.244 e. The third-order valence-corrected chi connectivity index (χ3v) is 5.62. The van der Waals surface area contributed by atoms with Gasteiger partial charge in [-0.2, -0.15) is 4.31 Å². The van der Waals surface area contributed by atoms with E-state index in [-0.39, 0.29) is 18.0 Å². The van der Waals surface area contributed by atoms with E-state index in [2.05, 4.69) is 15.9 Å². The second-order valence-electron chi connectivity index (χ2n) is 4.15. The Morgan fingerprint density at radius 2 is 1.83 bits per heavy atom. The van der Waals surface area contributed by atoms with Gasteiger partial charge >= 0.3 is 0 Å². The van der Waals surface area contributed by atoms with E-state index < -0.39 is 22.2 Å². The molecule has 0 saturated carbocycles. The minimum atomic E-state index is -3.77. The Morgan fingerprint density at radius 3 is 2.39 bits per heavy atom. The van der Waals surface area contributed by atoms with Crippen LogP contribution in [0.25, 0.3) is 0 Å². The Bertz CT molecular complexity index is 553. The molecular weight excluding hydrogens is 324 g/mol. The summed E-state index contributed by atoms with van der Waals surface area (Å²) in [5.74, 6) is 0. The molecule has 2 rings (SSSR count). The molecule has 100 valence electrons. The first-order chi connectivity index (χ1) is 8.32. The van der Waals surface area contributed by atoms with Crippen LogP contribution in [-0.4, -0.2) is 48.2 Å². The lowest BCUT2D eigenvalue weighted by Gasteiger charge is -2.16. The van der Waals surface area contributed by atoms with E-state index in [1.807, 2.05) is 0 Å². The predicted octanol–water partition coefficient (Wildman–Crippen LogP) is -0.243. The maximum absolute atomic E-state index is 12.3. The molecule has 0 aliphatic carbocycles. The molecule has 0 aromatic heterocycles. The quantitative estimate of drug-likeness (QED) is 0.646. The fraction of sp³-hybridized carbons (Fsp3) is 0.400. The lowest BCUT2D eigenvalue weighted by molar-refractivity contribution is 0.0572. The molecule has 1 heterocycles. The number of aliphatic hydroxyl groups is 2. The Balaban J connectivity index is 2.40. The van der Waals surface area contributed by atoms with Crippen molar-refractivity contribution in [2.24, 2.45) is 0 Å². The maximum atomic E-state index is 12.3. The summed E-state index contributed by atoms with van der Waals surface area (Å²) in [7, 11) is -3.77. The number of hydrogen-bond donors (Lipinski definition) is 3. The van der Waals surface area contributed by atoms with Crippen molar-refractivity contribution in [2.75, 3.05) is 18.8 Å². The Morgan fingerprint density at radius 1 is 1.28 bits per heavy atom. The molecule has 18 heavy (non-hydrogen) atoms. The van der Waals surface area contributed by atoms with Gasteiger partial charge in [0.15, 0.2) is 0 Å². The molecule has 2 atom stereocenters. The molecule has 1 aromatic carbocycles. The molecule has 1 aliphatic heterocycles. The van der Waals surface area contributed by atoms with E-state index in [0.717, 1.165) is 4.31 Å². The van der Waals surface area contributed by atoms with E-state index in [9.17, 15) is 18.6 Å². The second kappa shape index (κ2) is 4.78. The van der Waals surface area contributed by atoms with Crippen LogP contribution < -0.4 is 5.73 Å². The van der Waals surface area contributed by atoms with Crippen molar-refractivity contribution < 1.29 is 18.6 Å². The number of aliphatic hydroxyl groups excluding tert-OH is 2. The largest absolute Gasteiger partial charge is 0.399 e. The number of halogens is 1. The zero-order valence-electron chi connectivity index (χ0n) is 9.32. The van der Waals surface area contributed by atoms with Crippen LogP contribution >= 0.6 is 15.9 Å². The summed E-state index contributed by atoms with van der Waals surface area (Å²) in [5.41, 5.74) is 5.91. The van der Waals surface area contributed by atoms with Crippen LogP contribution in [0.4, 0.5) is 5.69 Å². The van der Waals surface area contributed by atoms with Crippen LogP contribution in [0.1, 0.15) is 0 Å². The van der Waals surface area contributed by atoms with Crippen molar-refractivity contribution in [3.8, 4) is 0 Å². The van der Waals surface area contributed by atoms with Crippen LogP contribution in [0.15, 0.2) is 27.6 Å². The number of benzene rings is 1. The molecule has 0 bridgehead atoms. The minimum Gasteiger partial charge on any atom is -0.399 e. The number of nitrogens with two attached hydrogens (primary N) is 1. The summed E-state index contributed by atoms with van der Waals surface area (Å²) in [6, 6.07) is 4.47. The molecule has 1 saturated heterocycles. The van der Waals surface area contributed by atoms with Gasteiger partial charge in [0, 0.05) is 23.2 Å². The monoisotopic (exact) mass is 336 g/mol. The number of sulfonamides is 1. The van der Waals surface area contributed by atoms with Crippen LogP contribution in [0, 0.1) is 0 Å². The Kier molecular flexibility index (Phi) is 3.65. The highest BCUT2D eigenvalue weighted by molar-refractivity contribution is 9.10. The smallest absolute Gasteiger partial charge is 0.244 e.